The maximum Gasteiger partial charge on any atom is 0.326 e. The number of aliphatic carboxylic acids is 1. The number of nitrogens with two attached hydrogens (primary N) is 4. The predicted molar refractivity (Wildman–Crippen MR) is 184 cm³/mol. The molecule has 6 atom stereocenters. The van der Waals surface area contributed by atoms with Crippen molar-refractivity contribution in [3.05, 3.63) is 0 Å². The van der Waals surface area contributed by atoms with E-state index in [0.717, 1.165) is 0 Å². The number of hydrogen-bond donors (Lipinski definition) is 11. The Morgan fingerprint density at radius 1 is 0.558 bits per heavy atom. The number of amides is 9. The van der Waals surface area contributed by atoms with E-state index in [0.29, 0.717) is 0 Å². The van der Waals surface area contributed by atoms with E-state index in [1.807, 2.05) is 0 Å². The Bertz CT molecular complexity index is 1320. The molecular weight excluding hydrogens is 688 g/mol. The lowest BCUT2D eigenvalue weighted by Crippen LogP contribution is -2.58. The van der Waals surface area contributed by atoms with Gasteiger partial charge in [-0.25, -0.2) is 4.79 Å². The first kappa shape index (κ1) is 46.7. The lowest BCUT2D eigenvalue weighted by atomic mass is 10.00. The monoisotopic (exact) mass is 742 g/mol. The second-order valence-corrected chi connectivity index (χ2v) is 13.0. The fourth-order valence-corrected chi connectivity index (χ4v) is 4.50. The van der Waals surface area contributed by atoms with Crippen molar-refractivity contribution in [1.29, 1.82) is 0 Å². The molecule has 0 rings (SSSR count). The van der Waals surface area contributed by atoms with Gasteiger partial charge in [-0.05, 0) is 44.4 Å². The van der Waals surface area contributed by atoms with Crippen molar-refractivity contribution in [3.63, 3.8) is 0 Å². The minimum absolute atomic E-state index is 0.0777. The van der Waals surface area contributed by atoms with Crippen LogP contribution >= 0.6 is 0 Å². The van der Waals surface area contributed by atoms with Crippen molar-refractivity contribution in [3.8, 4) is 0 Å². The average molecular weight is 743 g/mol. The molecule has 0 aromatic heterocycles. The second-order valence-electron chi connectivity index (χ2n) is 13.0. The Kier molecular flexibility index (Phi) is 20.8. The lowest BCUT2D eigenvalue weighted by Gasteiger charge is -2.26. The number of carbonyl (C=O) groups is 10. The van der Waals surface area contributed by atoms with Crippen LogP contribution in [0.4, 0.5) is 0 Å². The molecule has 0 aliphatic carbocycles. The fourth-order valence-electron chi connectivity index (χ4n) is 4.50. The molecule has 21 heteroatoms. The summed E-state index contributed by atoms with van der Waals surface area (Å²) in [5, 5.41) is 23.6. The van der Waals surface area contributed by atoms with E-state index in [2.05, 4.69) is 31.9 Å². The zero-order valence-electron chi connectivity index (χ0n) is 30.1. The summed E-state index contributed by atoms with van der Waals surface area (Å²) in [6.07, 6.45) is -1.45. The topological polar surface area (TPSA) is 367 Å². The highest BCUT2D eigenvalue weighted by atomic mass is 16.4. The van der Waals surface area contributed by atoms with Crippen molar-refractivity contribution >= 4 is 59.1 Å². The molecule has 0 bridgehead atoms. The van der Waals surface area contributed by atoms with Crippen molar-refractivity contribution in [1.82, 2.24) is 31.9 Å². The molecule has 0 saturated heterocycles. The van der Waals surface area contributed by atoms with E-state index in [9.17, 15) is 53.1 Å². The number of nitrogens with one attached hydrogen (secondary N) is 6. The van der Waals surface area contributed by atoms with Crippen LogP contribution in [0.2, 0.25) is 0 Å². The van der Waals surface area contributed by atoms with Crippen LogP contribution in [0, 0.1) is 11.8 Å². The first-order valence-corrected chi connectivity index (χ1v) is 16.7. The molecular formula is C31H54N10O11. The summed E-state index contributed by atoms with van der Waals surface area (Å²) in [5.74, 6) is -9.36. The van der Waals surface area contributed by atoms with E-state index in [1.165, 1.54) is 6.92 Å². The summed E-state index contributed by atoms with van der Waals surface area (Å²) in [6, 6.07) is -7.69. The van der Waals surface area contributed by atoms with Gasteiger partial charge in [-0.15, -0.1) is 0 Å². The number of primary amides is 3. The number of carbonyl (C=O) groups excluding carboxylic acids is 9. The van der Waals surface area contributed by atoms with Crippen LogP contribution in [0.1, 0.15) is 79.6 Å². The maximum absolute atomic E-state index is 13.3. The number of hydrogen-bond acceptors (Lipinski definition) is 11. The third-order valence-electron chi connectivity index (χ3n) is 7.43. The van der Waals surface area contributed by atoms with Crippen LogP contribution < -0.4 is 54.8 Å². The van der Waals surface area contributed by atoms with E-state index in [-0.39, 0.29) is 50.9 Å². The average Bonchev–Trinajstić information content (AvgIpc) is 3.03. The molecule has 0 fully saturated rings. The molecule has 21 nitrogen and oxygen atoms in total. The Labute approximate surface area is 301 Å². The molecule has 0 aromatic carbocycles. The SMILES string of the molecule is CC(C)C[C@H](NC(=O)[C@H](CCC(N)=O)NC(=O)CNC(=O)[C@H](CCC(N)=O)NC(=O)[C@H](C)NC(=O)[C@@H](N)CCC(N)=O)C(=O)N[C@H](C(=O)O)C(C)C. The van der Waals surface area contributed by atoms with Crippen LogP contribution in [0.3, 0.4) is 0 Å². The normalized spacial score (nSPS) is 14.4. The summed E-state index contributed by atoms with van der Waals surface area (Å²) in [6.45, 7) is 7.23. The van der Waals surface area contributed by atoms with Gasteiger partial charge in [0.15, 0.2) is 0 Å². The summed E-state index contributed by atoms with van der Waals surface area (Å²) in [7, 11) is 0. The van der Waals surface area contributed by atoms with Crippen molar-refractivity contribution < 1.29 is 53.1 Å². The first-order chi connectivity index (χ1) is 24.0. The zero-order valence-corrected chi connectivity index (χ0v) is 30.1. The van der Waals surface area contributed by atoms with Gasteiger partial charge in [0.25, 0.3) is 0 Å². The standard InChI is InChI=1S/C31H54N10O11/c1-14(2)12-20(30(50)41-25(15(3)4)31(51)52)40-29(49)19(8-11-23(35)44)38-24(45)13-36-28(48)18(7-10-22(34)43)39-26(46)16(5)37-27(47)17(32)6-9-21(33)42/h14-20,25H,6-13,32H2,1-5H3,(H2,33,42)(H2,34,43)(H2,35,44)(H,36,48)(H,37,47)(H,38,45)(H,39,46)(H,40,49)(H,41,50)(H,51,52)/t16-,17-,18-,19-,20-,25-/m0/s1. The minimum Gasteiger partial charge on any atom is -0.480 e. The molecule has 52 heavy (non-hydrogen) atoms. The van der Waals surface area contributed by atoms with Crippen molar-refractivity contribution in [2.45, 2.75) is 116 Å². The second kappa shape index (κ2) is 23.2. The third kappa shape index (κ3) is 19.2. The van der Waals surface area contributed by atoms with Gasteiger partial charge in [0.2, 0.25) is 53.2 Å². The Morgan fingerprint density at radius 3 is 1.48 bits per heavy atom. The number of rotatable bonds is 25. The quantitative estimate of drug-likeness (QED) is 0.0421. The van der Waals surface area contributed by atoms with Crippen molar-refractivity contribution in [2.75, 3.05) is 6.54 Å². The Balaban J connectivity index is 5.71. The van der Waals surface area contributed by atoms with Gasteiger partial charge in [0.05, 0.1) is 12.6 Å². The van der Waals surface area contributed by atoms with Gasteiger partial charge in [0, 0.05) is 19.3 Å². The summed E-state index contributed by atoms with van der Waals surface area (Å²) in [4.78, 5) is 123. The van der Waals surface area contributed by atoms with Gasteiger partial charge < -0.3 is 59.9 Å². The summed E-state index contributed by atoms with van der Waals surface area (Å²) < 4.78 is 0. The van der Waals surface area contributed by atoms with Crippen LogP contribution in [0.25, 0.3) is 0 Å². The van der Waals surface area contributed by atoms with E-state index < -0.39 is 108 Å². The summed E-state index contributed by atoms with van der Waals surface area (Å²) >= 11 is 0. The van der Waals surface area contributed by atoms with Crippen LogP contribution in [0.5, 0.6) is 0 Å². The van der Waals surface area contributed by atoms with Gasteiger partial charge in [-0.1, -0.05) is 27.7 Å². The fraction of sp³-hybridized carbons (Fsp3) is 0.677. The van der Waals surface area contributed by atoms with E-state index in [4.69, 9.17) is 22.9 Å². The maximum atomic E-state index is 13.3. The molecule has 0 heterocycles. The highest BCUT2D eigenvalue weighted by Gasteiger charge is 2.32. The molecule has 294 valence electrons. The molecule has 0 radical (unpaired) electrons. The molecule has 0 saturated carbocycles. The molecule has 0 unspecified atom stereocenters. The van der Waals surface area contributed by atoms with Crippen LogP contribution in [-0.2, 0) is 47.9 Å². The highest BCUT2D eigenvalue weighted by Crippen LogP contribution is 2.09. The Morgan fingerprint density at radius 2 is 1.02 bits per heavy atom. The van der Waals surface area contributed by atoms with Gasteiger partial charge >= 0.3 is 5.97 Å². The highest BCUT2D eigenvalue weighted by molar-refractivity contribution is 5.96. The zero-order chi connectivity index (χ0) is 40.3. The largest absolute Gasteiger partial charge is 0.480 e. The lowest BCUT2D eigenvalue weighted by molar-refractivity contribution is -0.143. The van der Waals surface area contributed by atoms with Crippen LogP contribution in [-0.4, -0.2) is 107 Å². The summed E-state index contributed by atoms with van der Waals surface area (Å²) in [5.41, 5.74) is 21.2. The Hall–Kier alpha value is -5.34. The number of carboxylic acid groups (broad SMARTS) is 1. The van der Waals surface area contributed by atoms with Gasteiger partial charge in [0.1, 0.15) is 30.2 Å². The smallest absolute Gasteiger partial charge is 0.326 e. The van der Waals surface area contributed by atoms with Gasteiger partial charge in [-0.2, -0.15) is 0 Å². The van der Waals surface area contributed by atoms with Crippen molar-refractivity contribution in [2.24, 2.45) is 34.8 Å². The molecule has 9 amide bonds. The molecule has 0 aliphatic rings. The molecule has 15 N–H and O–H groups in total. The van der Waals surface area contributed by atoms with Gasteiger partial charge in [-0.3, -0.25) is 43.2 Å². The molecule has 0 aromatic rings. The predicted octanol–water partition coefficient (Wildman–Crippen LogP) is -4.54. The minimum atomic E-state index is -1.43. The van der Waals surface area contributed by atoms with Crippen LogP contribution in [0.15, 0.2) is 0 Å². The van der Waals surface area contributed by atoms with E-state index >= 15 is 0 Å². The molecule has 0 aliphatic heterocycles. The number of carboxylic acids is 1. The first-order valence-electron chi connectivity index (χ1n) is 16.7. The van der Waals surface area contributed by atoms with E-state index in [1.54, 1.807) is 27.7 Å². The third-order valence-corrected chi connectivity index (χ3v) is 7.43. The molecule has 0 spiro atoms.